The maximum absolute atomic E-state index is 12.1. The lowest BCUT2D eigenvalue weighted by molar-refractivity contribution is -0.130. The second-order valence-corrected chi connectivity index (χ2v) is 6.53. The van der Waals surface area contributed by atoms with Gasteiger partial charge in [0.25, 0.3) is 0 Å². The van der Waals surface area contributed by atoms with E-state index in [9.17, 15) is 9.59 Å². The van der Waals surface area contributed by atoms with E-state index in [2.05, 4.69) is 20.4 Å². The topological polar surface area (TPSA) is 87.7 Å². The van der Waals surface area contributed by atoms with E-state index in [1.165, 1.54) is 11.3 Å². The van der Waals surface area contributed by atoms with Crippen LogP contribution in [0.5, 0.6) is 0 Å². The van der Waals surface area contributed by atoms with Crippen LogP contribution in [0.25, 0.3) is 0 Å². The van der Waals surface area contributed by atoms with Crippen LogP contribution < -0.4 is 5.32 Å². The molecule has 9 heteroatoms. The van der Waals surface area contributed by atoms with E-state index in [0.717, 1.165) is 24.5 Å². The van der Waals surface area contributed by atoms with Crippen molar-refractivity contribution in [2.45, 2.75) is 32.9 Å². The van der Waals surface area contributed by atoms with Gasteiger partial charge < -0.3 is 9.64 Å². The number of likely N-dealkylation sites (tertiary alicyclic amines) is 1. The quantitative estimate of drug-likeness (QED) is 0.780. The molecular formula is C14H23N5O3S. The van der Waals surface area contributed by atoms with Crippen molar-refractivity contribution in [3.8, 4) is 0 Å². The maximum atomic E-state index is 12.1. The Balaban J connectivity index is 1.80. The van der Waals surface area contributed by atoms with Gasteiger partial charge in [0, 0.05) is 39.7 Å². The van der Waals surface area contributed by atoms with Gasteiger partial charge in [-0.3, -0.25) is 19.8 Å². The first-order chi connectivity index (χ1) is 11.0. The van der Waals surface area contributed by atoms with Crippen molar-refractivity contribution in [1.29, 1.82) is 0 Å². The molecule has 1 fully saturated rings. The number of carbonyl (C=O) groups is 2. The first-order valence-electron chi connectivity index (χ1n) is 7.64. The first-order valence-corrected chi connectivity index (χ1v) is 8.45. The van der Waals surface area contributed by atoms with Gasteiger partial charge in [-0.15, -0.1) is 10.2 Å². The van der Waals surface area contributed by atoms with Crippen molar-refractivity contribution >= 4 is 28.3 Å². The predicted octanol–water partition coefficient (Wildman–Crippen LogP) is 0.566. The van der Waals surface area contributed by atoms with E-state index in [-0.39, 0.29) is 17.9 Å². The Morgan fingerprint density at radius 2 is 2.26 bits per heavy atom. The molecule has 1 N–H and O–H groups in total. The number of ether oxygens (including phenoxy) is 1. The van der Waals surface area contributed by atoms with Gasteiger partial charge in [-0.2, -0.15) is 0 Å². The number of rotatable bonds is 7. The van der Waals surface area contributed by atoms with Gasteiger partial charge in [0.05, 0.1) is 6.54 Å². The van der Waals surface area contributed by atoms with Gasteiger partial charge >= 0.3 is 0 Å². The minimum absolute atomic E-state index is 0.0864. The van der Waals surface area contributed by atoms with Gasteiger partial charge in [-0.25, -0.2) is 0 Å². The normalized spacial score (nSPS) is 18.1. The molecule has 2 amide bonds. The number of nitrogens with one attached hydrogen (secondary N) is 1. The largest absolute Gasteiger partial charge is 0.377 e. The SMILES string of the molecule is CCN(C(C)=O)[C@@H]1CCN(CC(=O)Nc2nnc(COC)s2)C1. The number of anilines is 1. The highest BCUT2D eigenvalue weighted by molar-refractivity contribution is 7.15. The van der Waals surface area contributed by atoms with Crippen LogP contribution >= 0.6 is 11.3 Å². The highest BCUT2D eigenvalue weighted by Gasteiger charge is 2.29. The molecule has 2 rings (SSSR count). The van der Waals surface area contributed by atoms with Crippen LogP contribution in [-0.2, 0) is 20.9 Å². The number of methoxy groups -OCH3 is 1. The van der Waals surface area contributed by atoms with Crippen LogP contribution in [-0.4, -0.2) is 71.1 Å². The third-order valence-corrected chi connectivity index (χ3v) is 4.59. The van der Waals surface area contributed by atoms with Crippen LogP contribution in [0, 0.1) is 0 Å². The summed E-state index contributed by atoms with van der Waals surface area (Å²) < 4.78 is 4.97. The average Bonchev–Trinajstić information content (AvgIpc) is 3.10. The second kappa shape index (κ2) is 8.32. The van der Waals surface area contributed by atoms with Gasteiger partial charge in [-0.05, 0) is 13.3 Å². The van der Waals surface area contributed by atoms with E-state index < -0.39 is 0 Å². The molecule has 128 valence electrons. The van der Waals surface area contributed by atoms with Crippen molar-refractivity contribution < 1.29 is 14.3 Å². The molecule has 0 unspecified atom stereocenters. The summed E-state index contributed by atoms with van der Waals surface area (Å²) >= 11 is 1.31. The number of hydrogen-bond acceptors (Lipinski definition) is 7. The fourth-order valence-corrected chi connectivity index (χ4v) is 3.52. The smallest absolute Gasteiger partial charge is 0.240 e. The fraction of sp³-hybridized carbons (Fsp3) is 0.714. The van der Waals surface area contributed by atoms with E-state index in [4.69, 9.17) is 4.74 Å². The summed E-state index contributed by atoms with van der Waals surface area (Å²) in [7, 11) is 1.59. The summed E-state index contributed by atoms with van der Waals surface area (Å²) in [5, 5.41) is 11.8. The second-order valence-electron chi connectivity index (χ2n) is 5.46. The molecular weight excluding hydrogens is 318 g/mol. The summed E-state index contributed by atoms with van der Waals surface area (Å²) in [4.78, 5) is 27.6. The van der Waals surface area contributed by atoms with Crippen LogP contribution in [0.4, 0.5) is 5.13 Å². The molecule has 2 heterocycles. The van der Waals surface area contributed by atoms with Crippen LogP contribution in [0.1, 0.15) is 25.3 Å². The van der Waals surface area contributed by atoms with E-state index in [1.807, 2.05) is 11.8 Å². The minimum Gasteiger partial charge on any atom is -0.377 e. The lowest BCUT2D eigenvalue weighted by Crippen LogP contribution is -2.41. The van der Waals surface area contributed by atoms with E-state index in [0.29, 0.717) is 24.8 Å². The summed E-state index contributed by atoms with van der Waals surface area (Å²) in [6.07, 6.45) is 0.900. The van der Waals surface area contributed by atoms with E-state index in [1.54, 1.807) is 14.0 Å². The Kier molecular flexibility index (Phi) is 6.43. The molecule has 1 saturated heterocycles. The molecule has 1 aromatic rings. The third kappa shape index (κ3) is 4.95. The first kappa shape index (κ1) is 17.8. The van der Waals surface area contributed by atoms with Gasteiger partial charge in [0.1, 0.15) is 11.6 Å². The molecule has 8 nitrogen and oxygen atoms in total. The highest BCUT2D eigenvalue weighted by Crippen LogP contribution is 2.17. The lowest BCUT2D eigenvalue weighted by Gasteiger charge is -2.26. The van der Waals surface area contributed by atoms with Crippen LogP contribution in [0.2, 0.25) is 0 Å². The van der Waals surface area contributed by atoms with E-state index >= 15 is 0 Å². The maximum Gasteiger partial charge on any atom is 0.240 e. The van der Waals surface area contributed by atoms with Crippen molar-refractivity contribution in [2.24, 2.45) is 0 Å². The molecule has 0 bridgehead atoms. The molecule has 0 saturated carbocycles. The number of aromatic nitrogens is 2. The molecule has 0 aliphatic carbocycles. The lowest BCUT2D eigenvalue weighted by atomic mass is 10.2. The molecule has 1 aliphatic rings. The number of carbonyl (C=O) groups excluding carboxylic acids is 2. The van der Waals surface area contributed by atoms with Crippen molar-refractivity contribution in [1.82, 2.24) is 20.0 Å². The predicted molar refractivity (Wildman–Crippen MR) is 87.2 cm³/mol. The molecule has 1 aliphatic heterocycles. The Bertz CT molecular complexity index is 550. The van der Waals surface area contributed by atoms with Gasteiger partial charge in [0.15, 0.2) is 0 Å². The zero-order chi connectivity index (χ0) is 16.8. The summed E-state index contributed by atoms with van der Waals surface area (Å²) in [5.41, 5.74) is 0. The molecule has 0 spiro atoms. The Labute approximate surface area is 139 Å². The number of likely N-dealkylation sites (N-methyl/N-ethyl adjacent to an activating group) is 1. The van der Waals surface area contributed by atoms with Crippen molar-refractivity contribution in [3.63, 3.8) is 0 Å². The summed E-state index contributed by atoms with van der Waals surface area (Å²) in [6.45, 7) is 6.49. The zero-order valence-corrected chi connectivity index (χ0v) is 14.6. The summed E-state index contributed by atoms with van der Waals surface area (Å²) in [5.74, 6) is -0.0278. The Morgan fingerprint density at radius 3 is 2.91 bits per heavy atom. The summed E-state index contributed by atoms with van der Waals surface area (Å²) in [6, 6.07) is 0.195. The molecule has 0 radical (unpaired) electrons. The van der Waals surface area contributed by atoms with Crippen LogP contribution in [0.15, 0.2) is 0 Å². The monoisotopic (exact) mass is 341 g/mol. The van der Waals surface area contributed by atoms with Gasteiger partial charge in [-0.1, -0.05) is 11.3 Å². The molecule has 1 aromatic heterocycles. The van der Waals surface area contributed by atoms with Gasteiger partial charge in [0.2, 0.25) is 16.9 Å². The standard InChI is InChI=1S/C14H23N5O3S/c1-4-19(10(2)20)11-5-6-18(7-11)8-12(21)15-14-17-16-13(23-14)9-22-3/h11H,4-9H2,1-3H3,(H,15,17,21)/t11-/m1/s1. The molecule has 1 atom stereocenters. The Morgan fingerprint density at radius 1 is 1.48 bits per heavy atom. The van der Waals surface area contributed by atoms with Crippen molar-refractivity contribution in [3.05, 3.63) is 5.01 Å². The number of nitrogens with zero attached hydrogens (tertiary/aromatic N) is 4. The third-order valence-electron chi connectivity index (χ3n) is 3.78. The highest BCUT2D eigenvalue weighted by atomic mass is 32.1. The molecule has 23 heavy (non-hydrogen) atoms. The number of amides is 2. The molecule has 0 aromatic carbocycles. The van der Waals surface area contributed by atoms with Crippen molar-refractivity contribution in [2.75, 3.05) is 38.6 Å². The zero-order valence-electron chi connectivity index (χ0n) is 13.7. The number of hydrogen-bond donors (Lipinski definition) is 1. The average molecular weight is 341 g/mol. The fourth-order valence-electron chi connectivity index (χ4n) is 2.80. The van der Waals surface area contributed by atoms with Crippen LogP contribution in [0.3, 0.4) is 0 Å². The Hall–Kier alpha value is -1.58. The minimum atomic E-state index is -0.114.